The molecule has 2 rings (SSSR count). The Balaban J connectivity index is 2.29. The maximum Gasteiger partial charge on any atom is 0.276 e. The number of hydrogen-bond donors (Lipinski definition) is 1. The van der Waals surface area contributed by atoms with E-state index in [2.05, 4.69) is 28.2 Å². The second-order valence-electron chi connectivity index (χ2n) is 3.95. The summed E-state index contributed by atoms with van der Waals surface area (Å²) in [5, 5.41) is 14.5. The summed E-state index contributed by atoms with van der Waals surface area (Å²) >= 11 is 5.00. The molecule has 1 aromatic carbocycles. The summed E-state index contributed by atoms with van der Waals surface area (Å²) in [5.41, 5.74) is 0.945. The van der Waals surface area contributed by atoms with Crippen LogP contribution in [0.5, 0.6) is 0 Å². The Morgan fingerprint density at radius 3 is 3.00 bits per heavy atom. The van der Waals surface area contributed by atoms with Crippen molar-refractivity contribution >= 4 is 33.4 Å². The van der Waals surface area contributed by atoms with E-state index in [1.54, 1.807) is 17.8 Å². The fourth-order valence-electron chi connectivity index (χ4n) is 1.83. The molecule has 0 radical (unpaired) electrons. The Labute approximate surface area is 112 Å². The van der Waals surface area contributed by atoms with Gasteiger partial charge in [0, 0.05) is 22.3 Å². The second-order valence-corrected chi connectivity index (χ2v) is 6.00. The monoisotopic (exact) mass is 316 g/mol. The number of halogens is 1. The van der Waals surface area contributed by atoms with Crippen molar-refractivity contribution in [3.63, 3.8) is 0 Å². The summed E-state index contributed by atoms with van der Waals surface area (Å²) in [4.78, 5) is 10.7. The topological polar surface area (TPSA) is 55.2 Å². The van der Waals surface area contributed by atoms with E-state index in [0.29, 0.717) is 6.04 Å². The molecule has 92 valence electrons. The van der Waals surface area contributed by atoms with E-state index >= 15 is 0 Å². The van der Waals surface area contributed by atoms with Crippen molar-refractivity contribution in [2.45, 2.75) is 24.8 Å². The van der Waals surface area contributed by atoms with E-state index in [9.17, 15) is 10.1 Å². The summed E-state index contributed by atoms with van der Waals surface area (Å²) in [6, 6.07) is 5.69. The predicted octanol–water partition coefficient (Wildman–Crippen LogP) is 3.47. The van der Waals surface area contributed by atoms with Gasteiger partial charge in [-0.3, -0.25) is 15.4 Å². The van der Waals surface area contributed by atoms with Gasteiger partial charge in [-0.05, 0) is 18.6 Å². The van der Waals surface area contributed by atoms with Crippen LogP contribution in [0.1, 0.15) is 24.3 Å². The molecule has 0 spiro atoms. The van der Waals surface area contributed by atoms with Crippen LogP contribution in [0.4, 0.5) is 5.69 Å². The third-order valence-corrected chi connectivity index (χ3v) is 4.63. The zero-order valence-corrected chi connectivity index (χ0v) is 11.8. The zero-order chi connectivity index (χ0) is 12.4. The van der Waals surface area contributed by atoms with E-state index in [-0.39, 0.29) is 16.0 Å². The standard InChI is InChI=1S/C11H13BrN2O2S/c1-2-8-6-17-11(13-8)9-4-3-7(12)5-10(9)14(15)16/h3-5,8,11,13H,2,6H2,1H3. The molecule has 1 fully saturated rings. The molecule has 6 heteroatoms. The number of nitrogens with zero attached hydrogens (tertiary/aromatic N) is 1. The van der Waals surface area contributed by atoms with E-state index in [1.165, 1.54) is 0 Å². The Morgan fingerprint density at radius 2 is 2.41 bits per heavy atom. The van der Waals surface area contributed by atoms with Crippen LogP contribution >= 0.6 is 27.7 Å². The number of rotatable bonds is 3. The van der Waals surface area contributed by atoms with Gasteiger partial charge in [-0.1, -0.05) is 22.9 Å². The predicted molar refractivity (Wildman–Crippen MR) is 73.2 cm³/mol. The maximum atomic E-state index is 11.0. The fourth-order valence-corrected chi connectivity index (χ4v) is 3.61. The summed E-state index contributed by atoms with van der Waals surface area (Å²) in [6.45, 7) is 2.12. The van der Waals surface area contributed by atoms with Gasteiger partial charge in [0.15, 0.2) is 0 Å². The minimum atomic E-state index is -0.318. The van der Waals surface area contributed by atoms with Crippen LogP contribution in [-0.2, 0) is 0 Å². The normalized spacial score (nSPS) is 23.9. The molecule has 1 saturated heterocycles. The van der Waals surface area contributed by atoms with Crippen molar-refractivity contribution in [3.8, 4) is 0 Å². The molecule has 1 aliphatic rings. The first-order chi connectivity index (χ1) is 8.11. The van der Waals surface area contributed by atoms with Gasteiger partial charge in [0.05, 0.1) is 15.9 Å². The summed E-state index contributed by atoms with van der Waals surface area (Å²) < 4.78 is 0.739. The number of nitro groups is 1. The maximum absolute atomic E-state index is 11.0. The smallest absolute Gasteiger partial charge is 0.276 e. The number of thioether (sulfide) groups is 1. The molecule has 0 amide bonds. The van der Waals surface area contributed by atoms with Crippen LogP contribution in [0.15, 0.2) is 22.7 Å². The van der Waals surface area contributed by atoms with Gasteiger partial charge >= 0.3 is 0 Å². The third kappa shape index (κ3) is 2.81. The Bertz CT molecular complexity index is 441. The molecule has 1 aromatic rings. The molecular formula is C11H13BrN2O2S. The largest absolute Gasteiger partial charge is 0.298 e. The summed E-state index contributed by atoms with van der Waals surface area (Å²) in [5.74, 6) is 1.01. The van der Waals surface area contributed by atoms with Gasteiger partial charge in [0.25, 0.3) is 5.69 Å². The van der Waals surface area contributed by atoms with Crippen LogP contribution in [0.25, 0.3) is 0 Å². The van der Waals surface area contributed by atoms with Gasteiger partial charge in [-0.25, -0.2) is 0 Å². The van der Waals surface area contributed by atoms with E-state index in [0.717, 1.165) is 22.2 Å². The Morgan fingerprint density at radius 1 is 1.65 bits per heavy atom. The summed E-state index contributed by atoms with van der Waals surface area (Å²) in [7, 11) is 0. The minimum Gasteiger partial charge on any atom is -0.298 e. The molecule has 0 saturated carbocycles. The SMILES string of the molecule is CCC1CSC(c2ccc(Br)cc2[N+](=O)[O-])N1. The van der Waals surface area contributed by atoms with Crippen molar-refractivity contribution in [2.24, 2.45) is 0 Å². The quantitative estimate of drug-likeness (QED) is 0.685. The lowest BCUT2D eigenvalue weighted by Gasteiger charge is -2.12. The number of nitrogens with one attached hydrogen (secondary N) is 1. The molecule has 1 N–H and O–H groups in total. The summed E-state index contributed by atoms with van der Waals surface area (Å²) in [6.07, 6.45) is 1.05. The highest BCUT2D eigenvalue weighted by Gasteiger charge is 2.29. The molecule has 4 nitrogen and oxygen atoms in total. The van der Waals surface area contributed by atoms with Crippen molar-refractivity contribution in [3.05, 3.63) is 38.3 Å². The van der Waals surface area contributed by atoms with E-state index in [4.69, 9.17) is 0 Å². The van der Waals surface area contributed by atoms with Crippen molar-refractivity contribution < 1.29 is 4.92 Å². The Kier molecular flexibility index (Phi) is 4.06. The number of hydrogen-bond acceptors (Lipinski definition) is 4. The molecule has 1 heterocycles. The minimum absolute atomic E-state index is 0.0356. The molecule has 0 aliphatic carbocycles. The molecule has 0 aromatic heterocycles. The third-order valence-electron chi connectivity index (χ3n) is 2.82. The van der Waals surface area contributed by atoms with Gasteiger partial charge < -0.3 is 0 Å². The molecular weight excluding hydrogens is 304 g/mol. The first-order valence-corrected chi connectivity index (χ1v) is 7.27. The van der Waals surface area contributed by atoms with Crippen LogP contribution in [0, 0.1) is 10.1 Å². The highest BCUT2D eigenvalue weighted by Crippen LogP contribution is 2.38. The lowest BCUT2D eigenvalue weighted by Crippen LogP contribution is -2.25. The van der Waals surface area contributed by atoms with Crippen molar-refractivity contribution in [1.29, 1.82) is 0 Å². The zero-order valence-electron chi connectivity index (χ0n) is 9.35. The lowest BCUT2D eigenvalue weighted by molar-refractivity contribution is -0.385. The molecule has 1 aliphatic heterocycles. The highest BCUT2D eigenvalue weighted by atomic mass is 79.9. The van der Waals surface area contributed by atoms with Crippen LogP contribution in [-0.4, -0.2) is 16.7 Å². The first-order valence-electron chi connectivity index (χ1n) is 5.43. The molecule has 2 unspecified atom stereocenters. The average molecular weight is 317 g/mol. The Hall–Kier alpha value is -0.590. The fraction of sp³-hybridized carbons (Fsp3) is 0.455. The van der Waals surface area contributed by atoms with Crippen molar-refractivity contribution in [2.75, 3.05) is 5.75 Å². The number of nitro benzene ring substituents is 1. The molecule has 17 heavy (non-hydrogen) atoms. The van der Waals surface area contributed by atoms with E-state index in [1.807, 2.05) is 12.1 Å². The van der Waals surface area contributed by atoms with Crippen LogP contribution in [0.2, 0.25) is 0 Å². The molecule has 2 atom stereocenters. The lowest BCUT2D eigenvalue weighted by atomic mass is 10.1. The van der Waals surface area contributed by atoms with Gasteiger partial charge in [-0.2, -0.15) is 0 Å². The van der Waals surface area contributed by atoms with Gasteiger partial charge in [0.1, 0.15) is 0 Å². The molecule has 0 bridgehead atoms. The number of benzene rings is 1. The van der Waals surface area contributed by atoms with E-state index < -0.39 is 0 Å². The highest BCUT2D eigenvalue weighted by molar-refractivity contribution is 9.10. The van der Waals surface area contributed by atoms with Crippen molar-refractivity contribution in [1.82, 2.24) is 5.32 Å². The second kappa shape index (κ2) is 5.37. The van der Waals surface area contributed by atoms with Crippen LogP contribution < -0.4 is 5.32 Å². The van der Waals surface area contributed by atoms with Crippen LogP contribution in [0.3, 0.4) is 0 Å². The van der Waals surface area contributed by atoms with Gasteiger partial charge in [-0.15, -0.1) is 11.8 Å². The average Bonchev–Trinajstić information content (AvgIpc) is 2.77. The first kappa shape index (κ1) is 12.9. The van der Waals surface area contributed by atoms with Gasteiger partial charge in [0.2, 0.25) is 0 Å².